The summed E-state index contributed by atoms with van der Waals surface area (Å²) in [6.45, 7) is 13.1. The number of benzene rings is 2. The molecular formula is C57H76FN11O10S. The molecule has 2 saturated heterocycles. The van der Waals surface area contributed by atoms with Gasteiger partial charge in [0, 0.05) is 124 Å². The first kappa shape index (κ1) is 62.0. The van der Waals surface area contributed by atoms with E-state index < -0.39 is 5.82 Å². The average Bonchev–Trinajstić information content (AvgIpc) is 4.04. The number of amides is 5. The van der Waals surface area contributed by atoms with Crippen LogP contribution in [0.5, 0.6) is 11.5 Å². The third kappa shape index (κ3) is 22.9. The first-order chi connectivity index (χ1) is 38.9. The molecule has 7 N–H and O–H groups in total. The zero-order valence-corrected chi connectivity index (χ0v) is 46.4. The SMILES string of the molecule is C=CC(=O)Nc1cccc(Nc2nc(Nc3ccc(Oc4ccnc(C(=O)N(C)CCOCCNC(=C)CCCC(=O)NCCCOCCOCCOCCCNC(=O)CCCC[C@@H]5SC[C@@H]6NC(=O)C[C@@H]65)c4)cc3)ncc2F)c1. The topological polar surface area (TPSA) is 258 Å². The van der Waals surface area contributed by atoms with E-state index in [1.165, 1.54) is 11.1 Å². The van der Waals surface area contributed by atoms with Crippen LogP contribution >= 0.6 is 11.8 Å². The van der Waals surface area contributed by atoms with E-state index in [1.807, 2.05) is 11.8 Å². The monoisotopic (exact) mass is 1130 g/mol. The van der Waals surface area contributed by atoms with E-state index in [-0.39, 0.29) is 47.0 Å². The van der Waals surface area contributed by atoms with E-state index in [2.05, 4.69) is 65.3 Å². The van der Waals surface area contributed by atoms with Gasteiger partial charge in [0.1, 0.15) is 17.2 Å². The lowest BCUT2D eigenvalue weighted by Gasteiger charge is -2.17. The van der Waals surface area contributed by atoms with E-state index >= 15 is 0 Å². The Morgan fingerprint density at radius 2 is 1.46 bits per heavy atom. The number of likely N-dealkylation sites (N-methyl/N-ethyl adjacent to an activating group) is 1. The van der Waals surface area contributed by atoms with Crippen molar-refractivity contribution in [2.24, 2.45) is 5.92 Å². The number of aromatic nitrogens is 3. The fourth-order valence-electron chi connectivity index (χ4n) is 8.52. The zero-order chi connectivity index (χ0) is 56.7. The molecule has 80 heavy (non-hydrogen) atoms. The van der Waals surface area contributed by atoms with Crippen LogP contribution < -0.4 is 42.0 Å². The Bertz CT molecular complexity index is 2640. The van der Waals surface area contributed by atoms with Crippen LogP contribution in [0.25, 0.3) is 0 Å². The number of fused-ring (bicyclic) bond motifs is 1. The minimum atomic E-state index is -0.671. The summed E-state index contributed by atoms with van der Waals surface area (Å²) in [4.78, 5) is 75.0. The first-order valence-electron chi connectivity index (χ1n) is 27.2. The van der Waals surface area contributed by atoms with Crippen molar-refractivity contribution in [1.82, 2.24) is 41.1 Å². The van der Waals surface area contributed by atoms with Gasteiger partial charge in [-0.05, 0) is 93.1 Å². The molecule has 4 heterocycles. The Morgan fingerprint density at radius 1 is 0.762 bits per heavy atom. The molecule has 21 nitrogen and oxygen atoms in total. The van der Waals surface area contributed by atoms with Gasteiger partial charge in [-0.2, -0.15) is 16.7 Å². The molecule has 3 atom stereocenters. The normalized spacial score (nSPS) is 15.3. The van der Waals surface area contributed by atoms with Crippen molar-refractivity contribution in [3.8, 4) is 11.5 Å². The van der Waals surface area contributed by atoms with E-state index in [0.717, 1.165) is 49.4 Å². The predicted octanol–water partition coefficient (Wildman–Crippen LogP) is 7.02. The molecule has 0 aliphatic carbocycles. The second-order valence-corrected chi connectivity index (χ2v) is 20.3. The van der Waals surface area contributed by atoms with Crippen LogP contribution in [0.15, 0.2) is 98.0 Å². The van der Waals surface area contributed by atoms with E-state index in [9.17, 15) is 28.4 Å². The molecule has 4 aromatic rings. The molecule has 6 rings (SSSR count). The third-order valence-electron chi connectivity index (χ3n) is 12.8. The van der Waals surface area contributed by atoms with E-state index in [1.54, 1.807) is 67.7 Å². The van der Waals surface area contributed by atoms with E-state index in [0.29, 0.717) is 163 Å². The predicted molar refractivity (Wildman–Crippen MR) is 306 cm³/mol. The number of hydrogen-bond acceptors (Lipinski definition) is 17. The molecule has 23 heteroatoms. The highest BCUT2D eigenvalue weighted by atomic mass is 32.2. The van der Waals surface area contributed by atoms with Crippen molar-refractivity contribution >= 4 is 70.1 Å². The van der Waals surface area contributed by atoms with Crippen LogP contribution in [-0.2, 0) is 38.1 Å². The summed E-state index contributed by atoms with van der Waals surface area (Å²) >= 11 is 1.96. The average molecular weight is 1130 g/mol. The molecule has 0 radical (unpaired) electrons. The molecule has 2 aromatic heterocycles. The Labute approximate surface area is 471 Å². The number of unbranched alkanes of at least 4 members (excludes halogenated alkanes) is 1. The van der Waals surface area contributed by atoms with Gasteiger partial charge in [-0.1, -0.05) is 25.6 Å². The third-order valence-corrected chi connectivity index (χ3v) is 14.3. The Kier molecular flexibility index (Phi) is 26.9. The first-order valence-corrected chi connectivity index (χ1v) is 28.2. The minimum absolute atomic E-state index is 0.0196. The van der Waals surface area contributed by atoms with Gasteiger partial charge < -0.3 is 65.8 Å². The molecule has 5 amide bonds. The van der Waals surface area contributed by atoms with Crippen LogP contribution in [0, 0.1) is 11.7 Å². The molecule has 2 fully saturated rings. The summed E-state index contributed by atoms with van der Waals surface area (Å²) in [6.07, 6.45) is 10.9. The quantitative estimate of drug-likeness (QED) is 0.0175. The fourth-order valence-corrected chi connectivity index (χ4v) is 10.2. The van der Waals surface area contributed by atoms with Crippen molar-refractivity contribution < 1.29 is 52.0 Å². The van der Waals surface area contributed by atoms with Crippen LogP contribution in [0.3, 0.4) is 0 Å². The lowest BCUT2D eigenvalue weighted by molar-refractivity contribution is -0.122. The standard InChI is InChI=1S/C57H76FN11O10S/c1-4-51(70)64-42-12-8-13-43(35-42)65-55-47(58)38-63-57(68-55)66-41-17-19-44(20-18-41)79-45-21-24-60-48(36-45)56(74)69(3)26-30-77-29-25-59-40(2)11-7-16-53(72)62-23-10-28-76-32-34-78-33-31-75-27-9-22-61-52(71)15-6-5-14-50-46-37-54(73)67-49(46)39-80-50/h4,8,12-13,17-21,24,35-36,38,46,49-50,59H,1-2,5-7,9-11,14-16,22-23,25-34,37,39H2,3H3,(H,61,71)(H,62,72)(H,64,70)(H,67,73)(H2,63,65,66,68)/t46-,49-,50-/m0/s1. The van der Waals surface area contributed by atoms with Crippen molar-refractivity contribution in [2.75, 3.05) is 108 Å². The number of carbonyl (C=O) groups excluding carboxylic acids is 5. The second kappa shape index (κ2) is 34.7. The van der Waals surface area contributed by atoms with Gasteiger partial charge in [0.05, 0.1) is 45.8 Å². The molecular weight excluding hydrogens is 1050 g/mol. The number of hydrogen-bond donors (Lipinski definition) is 7. The summed E-state index contributed by atoms with van der Waals surface area (Å²) in [7, 11) is 1.67. The molecule has 2 aliphatic heterocycles. The molecule has 0 spiro atoms. The second-order valence-electron chi connectivity index (χ2n) is 19.0. The number of thioether (sulfide) groups is 1. The molecule has 0 unspecified atom stereocenters. The van der Waals surface area contributed by atoms with Gasteiger partial charge in [-0.15, -0.1) is 0 Å². The van der Waals surface area contributed by atoms with Crippen molar-refractivity contribution in [1.29, 1.82) is 0 Å². The zero-order valence-electron chi connectivity index (χ0n) is 45.6. The van der Waals surface area contributed by atoms with Crippen LogP contribution in [0.2, 0.25) is 0 Å². The maximum Gasteiger partial charge on any atom is 0.272 e. The molecule has 0 saturated carbocycles. The lowest BCUT2D eigenvalue weighted by Crippen LogP contribution is -2.31. The highest BCUT2D eigenvalue weighted by Gasteiger charge is 2.42. The maximum atomic E-state index is 14.7. The minimum Gasteiger partial charge on any atom is -0.457 e. The fraction of sp³-hybridized carbons (Fsp3) is 0.474. The van der Waals surface area contributed by atoms with Gasteiger partial charge >= 0.3 is 0 Å². The molecule has 0 bridgehead atoms. The number of anilines is 5. The molecule has 432 valence electrons. The Hall–Kier alpha value is -7.18. The Morgan fingerprint density at radius 3 is 2.20 bits per heavy atom. The summed E-state index contributed by atoms with van der Waals surface area (Å²) in [5.74, 6) is 1.34. The smallest absolute Gasteiger partial charge is 0.272 e. The van der Waals surface area contributed by atoms with Gasteiger partial charge in [-0.3, -0.25) is 29.0 Å². The number of pyridine rings is 1. The van der Waals surface area contributed by atoms with Crippen LogP contribution in [-0.4, -0.2) is 153 Å². The highest BCUT2D eigenvalue weighted by molar-refractivity contribution is 8.00. The van der Waals surface area contributed by atoms with Crippen molar-refractivity contribution in [3.05, 3.63) is 109 Å². The van der Waals surface area contributed by atoms with Crippen LogP contribution in [0.4, 0.5) is 33.2 Å². The van der Waals surface area contributed by atoms with Gasteiger partial charge in [0.25, 0.3) is 5.91 Å². The number of ether oxygens (including phenoxy) is 5. The summed E-state index contributed by atoms with van der Waals surface area (Å²) in [5, 5.41) is 21.3. The maximum absolute atomic E-state index is 14.7. The van der Waals surface area contributed by atoms with Gasteiger partial charge in [0.2, 0.25) is 29.6 Å². The number of rotatable bonds is 39. The lowest BCUT2D eigenvalue weighted by atomic mass is 9.94. The van der Waals surface area contributed by atoms with Gasteiger partial charge in [0.15, 0.2) is 11.6 Å². The highest BCUT2D eigenvalue weighted by Crippen LogP contribution is 2.40. The summed E-state index contributed by atoms with van der Waals surface area (Å²) in [6, 6.07) is 17.2. The van der Waals surface area contributed by atoms with Crippen molar-refractivity contribution in [2.45, 2.75) is 75.5 Å². The number of carbonyl (C=O) groups is 5. The van der Waals surface area contributed by atoms with Crippen LogP contribution in [0.1, 0.15) is 74.7 Å². The number of halogens is 1. The van der Waals surface area contributed by atoms with Gasteiger partial charge in [-0.25, -0.2) is 9.37 Å². The van der Waals surface area contributed by atoms with Crippen molar-refractivity contribution in [3.63, 3.8) is 0 Å². The summed E-state index contributed by atoms with van der Waals surface area (Å²) in [5.41, 5.74) is 2.62. The largest absolute Gasteiger partial charge is 0.457 e. The number of nitrogens with one attached hydrogen (secondary N) is 7. The summed E-state index contributed by atoms with van der Waals surface area (Å²) < 4.78 is 43.2. The van der Waals surface area contributed by atoms with E-state index in [4.69, 9.17) is 23.7 Å². The number of allylic oxidation sites excluding steroid dienone is 1. The molecule has 2 aliphatic rings. The molecule has 2 aromatic carbocycles. The number of nitrogens with zero attached hydrogens (tertiary/aromatic N) is 4. The Balaban J connectivity index is 0.704.